The molecular weight excluding hydrogens is 413 g/mol. The van der Waals surface area contributed by atoms with Gasteiger partial charge in [-0.15, -0.1) is 0 Å². The summed E-state index contributed by atoms with van der Waals surface area (Å²) in [4.78, 5) is 35.2. The van der Waals surface area contributed by atoms with Crippen LogP contribution < -0.4 is 10.2 Å². The van der Waals surface area contributed by atoms with Crippen LogP contribution >= 0.6 is 0 Å². The third-order valence-electron chi connectivity index (χ3n) is 6.00. The second kappa shape index (κ2) is 11.7. The zero-order valence-corrected chi connectivity index (χ0v) is 19.1. The van der Waals surface area contributed by atoms with Crippen molar-refractivity contribution in [1.29, 1.82) is 0 Å². The van der Waals surface area contributed by atoms with Gasteiger partial charge in [0, 0.05) is 65.0 Å². The summed E-state index contributed by atoms with van der Waals surface area (Å²) in [6.45, 7) is 6.87. The lowest BCUT2D eigenvalue weighted by Crippen LogP contribution is -2.50. The molecule has 1 N–H and O–H groups in total. The van der Waals surface area contributed by atoms with Crippen LogP contribution in [0.1, 0.15) is 26.2 Å². The van der Waals surface area contributed by atoms with Crippen LogP contribution in [0, 0.1) is 11.7 Å². The predicted octanol–water partition coefficient (Wildman–Crippen LogP) is 1.71. The van der Waals surface area contributed by atoms with Crippen molar-refractivity contribution in [2.45, 2.75) is 26.2 Å². The van der Waals surface area contributed by atoms with Gasteiger partial charge in [0.25, 0.3) is 0 Å². The molecule has 0 spiro atoms. The van der Waals surface area contributed by atoms with E-state index in [0.717, 1.165) is 38.2 Å². The molecule has 0 radical (unpaired) electrons. The van der Waals surface area contributed by atoms with Gasteiger partial charge in [-0.3, -0.25) is 14.6 Å². The first-order valence-electron chi connectivity index (χ1n) is 11.4. The second-order valence-corrected chi connectivity index (χ2v) is 8.11. The van der Waals surface area contributed by atoms with E-state index in [2.05, 4.69) is 20.1 Å². The maximum atomic E-state index is 13.1. The SMILES string of the molecule is CCOC(=O)C1CCCN(C(=NC)NCCC(=O)N2CCN(c3ccc(F)cc3)CC2)C1. The highest BCUT2D eigenvalue weighted by Gasteiger charge is 2.28. The molecule has 1 aromatic carbocycles. The van der Waals surface area contributed by atoms with E-state index < -0.39 is 0 Å². The Morgan fingerprint density at radius 2 is 1.84 bits per heavy atom. The minimum Gasteiger partial charge on any atom is -0.466 e. The van der Waals surface area contributed by atoms with E-state index in [-0.39, 0.29) is 23.6 Å². The van der Waals surface area contributed by atoms with Crippen molar-refractivity contribution in [3.05, 3.63) is 30.1 Å². The molecule has 0 aliphatic carbocycles. The fraction of sp³-hybridized carbons (Fsp3) is 0.609. The monoisotopic (exact) mass is 447 g/mol. The Labute approximate surface area is 189 Å². The summed E-state index contributed by atoms with van der Waals surface area (Å²) in [6, 6.07) is 6.47. The molecule has 32 heavy (non-hydrogen) atoms. The number of guanidine groups is 1. The smallest absolute Gasteiger partial charge is 0.310 e. The number of likely N-dealkylation sites (tertiary alicyclic amines) is 1. The molecule has 176 valence electrons. The van der Waals surface area contributed by atoms with E-state index in [9.17, 15) is 14.0 Å². The average Bonchev–Trinajstić information content (AvgIpc) is 2.82. The average molecular weight is 448 g/mol. The van der Waals surface area contributed by atoms with Crippen molar-refractivity contribution >= 4 is 23.5 Å². The van der Waals surface area contributed by atoms with Crippen LogP contribution in [-0.2, 0) is 14.3 Å². The van der Waals surface area contributed by atoms with Crippen LogP contribution in [0.5, 0.6) is 0 Å². The number of amides is 1. The van der Waals surface area contributed by atoms with Crippen molar-refractivity contribution in [1.82, 2.24) is 15.1 Å². The molecule has 0 aromatic heterocycles. The fourth-order valence-corrected chi connectivity index (χ4v) is 4.26. The molecule has 1 aromatic rings. The molecule has 2 fully saturated rings. The maximum absolute atomic E-state index is 13.1. The van der Waals surface area contributed by atoms with E-state index in [1.54, 1.807) is 19.2 Å². The number of carbonyl (C=O) groups is 2. The Kier molecular flexibility index (Phi) is 8.70. The molecule has 0 bridgehead atoms. The Morgan fingerprint density at radius 3 is 2.50 bits per heavy atom. The number of carbonyl (C=O) groups excluding carboxylic acids is 2. The van der Waals surface area contributed by atoms with Crippen molar-refractivity contribution in [2.24, 2.45) is 10.9 Å². The van der Waals surface area contributed by atoms with Crippen LogP contribution in [-0.4, -0.2) is 87.1 Å². The number of hydrogen-bond donors (Lipinski definition) is 1. The Morgan fingerprint density at radius 1 is 1.12 bits per heavy atom. The molecule has 2 aliphatic heterocycles. The molecule has 2 saturated heterocycles. The number of halogens is 1. The molecule has 9 heteroatoms. The first-order chi connectivity index (χ1) is 15.5. The van der Waals surface area contributed by atoms with Crippen LogP contribution in [0.25, 0.3) is 0 Å². The molecule has 8 nitrogen and oxygen atoms in total. The van der Waals surface area contributed by atoms with E-state index in [1.165, 1.54) is 12.1 Å². The Hall–Kier alpha value is -2.84. The van der Waals surface area contributed by atoms with Crippen LogP contribution in [0.15, 0.2) is 29.3 Å². The molecule has 3 rings (SSSR count). The lowest BCUT2D eigenvalue weighted by Gasteiger charge is -2.36. The number of nitrogens with one attached hydrogen (secondary N) is 1. The first kappa shape index (κ1) is 23.8. The number of benzene rings is 1. The van der Waals surface area contributed by atoms with E-state index >= 15 is 0 Å². The minimum atomic E-state index is -0.244. The van der Waals surface area contributed by atoms with Crippen LogP contribution in [0.4, 0.5) is 10.1 Å². The van der Waals surface area contributed by atoms with Crippen LogP contribution in [0.2, 0.25) is 0 Å². The zero-order valence-electron chi connectivity index (χ0n) is 19.1. The number of rotatable bonds is 6. The van der Waals surface area contributed by atoms with Gasteiger partial charge < -0.3 is 24.8 Å². The summed E-state index contributed by atoms with van der Waals surface area (Å²) in [5, 5.41) is 3.27. The Bertz CT molecular complexity index is 793. The standard InChI is InChI=1S/C23H34FN5O3/c1-3-32-22(31)18-5-4-12-29(17-18)23(25-2)26-11-10-21(30)28-15-13-27(14-16-28)20-8-6-19(24)7-9-20/h6-9,18H,3-5,10-17H2,1-2H3,(H,25,26). The van der Waals surface area contributed by atoms with Gasteiger partial charge in [-0.25, -0.2) is 4.39 Å². The summed E-state index contributed by atoms with van der Waals surface area (Å²) in [6.07, 6.45) is 2.11. The van der Waals surface area contributed by atoms with Gasteiger partial charge in [0.05, 0.1) is 12.5 Å². The maximum Gasteiger partial charge on any atom is 0.310 e. The molecule has 2 aliphatic rings. The lowest BCUT2D eigenvalue weighted by molar-refractivity contribution is -0.149. The summed E-state index contributed by atoms with van der Waals surface area (Å²) in [5.41, 5.74) is 0.978. The molecular formula is C23H34FN5O3. The summed E-state index contributed by atoms with van der Waals surface area (Å²) >= 11 is 0. The largest absolute Gasteiger partial charge is 0.466 e. The van der Waals surface area contributed by atoms with Gasteiger partial charge in [0.15, 0.2) is 5.96 Å². The number of aliphatic imine (C=N–C) groups is 1. The number of nitrogens with zero attached hydrogens (tertiary/aromatic N) is 4. The zero-order chi connectivity index (χ0) is 22.9. The van der Waals surface area contributed by atoms with E-state index in [0.29, 0.717) is 45.2 Å². The van der Waals surface area contributed by atoms with Gasteiger partial charge in [-0.2, -0.15) is 0 Å². The summed E-state index contributed by atoms with van der Waals surface area (Å²) in [7, 11) is 1.72. The van der Waals surface area contributed by atoms with Gasteiger partial charge in [0.2, 0.25) is 5.91 Å². The Balaban J connectivity index is 1.41. The third kappa shape index (κ3) is 6.34. The highest BCUT2D eigenvalue weighted by atomic mass is 19.1. The van der Waals surface area contributed by atoms with Crippen LogP contribution in [0.3, 0.4) is 0 Å². The van der Waals surface area contributed by atoms with Gasteiger partial charge in [-0.1, -0.05) is 0 Å². The van der Waals surface area contributed by atoms with E-state index in [1.807, 2.05) is 11.8 Å². The number of esters is 1. The van der Waals surface area contributed by atoms with Gasteiger partial charge >= 0.3 is 5.97 Å². The molecule has 1 unspecified atom stereocenters. The number of piperidine rings is 1. The van der Waals surface area contributed by atoms with Crippen molar-refractivity contribution in [3.8, 4) is 0 Å². The highest BCUT2D eigenvalue weighted by Crippen LogP contribution is 2.19. The molecule has 2 heterocycles. The molecule has 1 amide bonds. The van der Waals surface area contributed by atoms with Gasteiger partial charge in [0.1, 0.15) is 5.82 Å². The lowest BCUT2D eigenvalue weighted by atomic mass is 9.98. The number of anilines is 1. The third-order valence-corrected chi connectivity index (χ3v) is 6.00. The van der Waals surface area contributed by atoms with Gasteiger partial charge in [-0.05, 0) is 44.0 Å². The van der Waals surface area contributed by atoms with Crippen molar-refractivity contribution < 1.29 is 18.7 Å². The number of hydrogen-bond acceptors (Lipinski definition) is 5. The predicted molar refractivity (Wildman–Crippen MR) is 122 cm³/mol. The quantitative estimate of drug-likeness (QED) is 0.407. The molecule has 0 saturated carbocycles. The molecule has 1 atom stereocenters. The fourth-order valence-electron chi connectivity index (χ4n) is 4.26. The summed E-state index contributed by atoms with van der Waals surface area (Å²) in [5.74, 6) is 0.289. The van der Waals surface area contributed by atoms with Crippen molar-refractivity contribution in [3.63, 3.8) is 0 Å². The summed E-state index contributed by atoms with van der Waals surface area (Å²) < 4.78 is 18.3. The van der Waals surface area contributed by atoms with Crippen molar-refractivity contribution in [2.75, 3.05) is 64.4 Å². The second-order valence-electron chi connectivity index (χ2n) is 8.11. The number of piperazine rings is 1. The van der Waals surface area contributed by atoms with E-state index in [4.69, 9.17) is 4.74 Å². The first-order valence-corrected chi connectivity index (χ1v) is 11.4. The number of ether oxygens (including phenoxy) is 1. The minimum absolute atomic E-state index is 0.106. The highest BCUT2D eigenvalue weighted by molar-refractivity contribution is 5.82. The topological polar surface area (TPSA) is 77.5 Å². The normalized spacial score (nSPS) is 19.7.